The van der Waals surface area contributed by atoms with E-state index < -0.39 is 11.4 Å². The standard InChI is InChI=1S/C11H9NO2/c1-12-9-4-2-8(3-5-9)11(6-7-11)10(13)14/h2-5H,6-7H2,(H,13,14). The molecule has 1 fully saturated rings. The molecule has 1 aliphatic carbocycles. The van der Waals surface area contributed by atoms with Crippen molar-refractivity contribution in [2.75, 3.05) is 0 Å². The molecule has 70 valence electrons. The van der Waals surface area contributed by atoms with E-state index in [1.807, 2.05) is 0 Å². The molecule has 0 amide bonds. The number of rotatable bonds is 2. The number of hydrogen-bond acceptors (Lipinski definition) is 1. The lowest BCUT2D eigenvalue weighted by molar-refractivity contribution is -0.140. The van der Waals surface area contributed by atoms with E-state index in [9.17, 15) is 4.79 Å². The van der Waals surface area contributed by atoms with Crippen LogP contribution in [0.3, 0.4) is 0 Å². The second kappa shape index (κ2) is 2.85. The molecule has 0 spiro atoms. The van der Waals surface area contributed by atoms with E-state index in [4.69, 9.17) is 11.7 Å². The van der Waals surface area contributed by atoms with Crippen molar-refractivity contribution in [3.8, 4) is 0 Å². The monoisotopic (exact) mass is 187 g/mol. The van der Waals surface area contributed by atoms with Crippen molar-refractivity contribution in [2.45, 2.75) is 18.3 Å². The zero-order valence-corrected chi connectivity index (χ0v) is 7.53. The second-order valence-electron chi connectivity index (χ2n) is 3.55. The predicted molar refractivity (Wildman–Crippen MR) is 51.3 cm³/mol. The molecule has 1 N–H and O–H groups in total. The Kier molecular flexibility index (Phi) is 1.78. The van der Waals surface area contributed by atoms with E-state index in [0.29, 0.717) is 18.5 Å². The third-order valence-corrected chi connectivity index (χ3v) is 2.71. The summed E-state index contributed by atoms with van der Waals surface area (Å²) in [6, 6.07) is 6.83. The molecule has 0 unspecified atom stereocenters. The fraction of sp³-hybridized carbons (Fsp3) is 0.273. The first-order valence-corrected chi connectivity index (χ1v) is 4.40. The topological polar surface area (TPSA) is 41.7 Å². The van der Waals surface area contributed by atoms with Gasteiger partial charge in [-0.2, -0.15) is 0 Å². The molecular weight excluding hydrogens is 178 g/mol. The van der Waals surface area contributed by atoms with Crippen molar-refractivity contribution in [2.24, 2.45) is 0 Å². The van der Waals surface area contributed by atoms with Gasteiger partial charge in [-0.1, -0.05) is 24.3 Å². The van der Waals surface area contributed by atoms with Gasteiger partial charge >= 0.3 is 5.97 Å². The number of aliphatic carboxylic acids is 1. The first-order valence-electron chi connectivity index (χ1n) is 4.40. The van der Waals surface area contributed by atoms with Crippen LogP contribution in [-0.4, -0.2) is 11.1 Å². The summed E-state index contributed by atoms with van der Waals surface area (Å²) in [6.07, 6.45) is 1.42. The Balaban J connectivity index is 2.35. The quantitative estimate of drug-likeness (QED) is 0.722. The van der Waals surface area contributed by atoms with E-state index in [0.717, 1.165) is 5.56 Å². The smallest absolute Gasteiger partial charge is 0.314 e. The van der Waals surface area contributed by atoms with Gasteiger partial charge in [0.15, 0.2) is 5.69 Å². The summed E-state index contributed by atoms with van der Waals surface area (Å²) in [5.74, 6) is -0.756. The van der Waals surface area contributed by atoms with Crippen molar-refractivity contribution < 1.29 is 9.90 Å². The minimum Gasteiger partial charge on any atom is -0.481 e. The fourth-order valence-electron chi connectivity index (χ4n) is 1.61. The maximum absolute atomic E-state index is 11.0. The molecule has 1 aromatic rings. The second-order valence-corrected chi connectivity index (χ2v) is 3.55. The maximum Gasteiger partial charge on any atom is 0.314 e. The lowest BCUT2D eigenvalue weighted by Gasteiger charge is -2.09. The molecule has 14 heavy (non-hydrogen) atoms. The van der Waals surface area contributed by atoms with Crippen LogP contribution in [0.15, 0.2) is 24.3 Å². The number of nitrogens with zero attached hydrogens (tertiary/aromatic N) is 1. The fourth-order valence-corrected chi connectivity index (χ4v) is 1.61. The third-order valence-electron chi connectivity index (χ3n) is 2.71. The van der Waals surface area contributed by atoms with Crippen LogP contribution < -0.4 is 0 Å². The summed E-state index contributed by atoms with van der Waals surface area (Å²) in [5, 5.41) is 9.02. The molecule has 0 radical (unpaired) electrons. The van der Waals surface area contributed by atoms with Gasteiger partial charge in [0.05, 0.1) is 12.0 Å². The van der Waals surface area contributed by atoms with Gasteiger partial charge in [-0.3, -0.25) is 4.79 Å². The largest absolute Gasteiger partial charge is 0.481 e. The molecule has 1 aliphatic rings. The van der Waals surface area contributed by atoms with E-state index in [1.54, 1.807) is 24.3 Å². The van der Waals surface area contributed by atoms with Gasteiger partial charge in [0.2, 0.25) is 0 Å². The molecular formula is C11H9NO2. The highest BCUT2D eigenvalue weighted by Gasteiger charge is 2.51. The Morgan fingerprint density at radius 3 is 2.29 bits per heavy atom. The summed E-state index contributed by atoms with van der Waals surface area (Å²) in [4.78, 5) is 14.2. The van der Waals surface area contributed by atoms with Crippen molar-refractivity contribution >= 4 is 11.7 Å². The average Bonchev–Trinajstić information content (AvgIpc) is 2.99. The molecule has 0 saturated heterocycles. The van der Waals surface area contributed by atoms with Gasteiger partial charge in [0.1, 0.15) is 0 Å². The van der Waals surface area contributed by atoms with Crippen molar-refractivity contribution in [3.63, 3.8) is 0 Å². The molecule has 0 aromatic heterocycles. The molecule has 3 heteroatoms. The number of carboxylic acids is 1. The van der Waals surface area contributed by atoms with Gasteiger partial charge in [-0.15, -0.1) is 0 Å². The minimum atomic E-state index is -0.756. The van der Waals surface area contributed by atoms with Crippen molar-refractivity contribution in [1.29, 1.82) is 0 Å². The van der Waals surface area contributed by atoms with Crippen LogP contribution in [0.5, 0.6) is 0 Å². The van der Waals surface area contributed by atoms with Crippen LogP contribution in [0.1, 0.15) is 18.4 Å². The van der Waals surface area contributed by atoms with Gasteiger partial charge < -0.3 is 5.11 Å². The summed E-state index contributed by atoms with van der Waals surface area (Å²) in [7, 11) is 0. The minimum absolute atomic E-state index is 0.551. The molecule has 0 heterocycles. The van der Waals surface area contributed by atoms with Gasteiger partial charge in [-0.25, -0.2) is 4.85 Å². The van der Waals surface area contributed by atoms with Crippen molar-refractivity contribution in [1.82, 2.24) is 0 Å². The van der Waals surface area contributed by atoms with Crippen LogP contribution >= 0.6 is 0 Å². The summed E-state index contributed by atoms with van der Waals surface area (Å²) in [6.45, 7) is 6.78. The van der Waals surface area contributed by atoms with Gasteiger partial charge in [-0.05, 0) is 18.4 Å². The molecule has 1 saturated carbocycles. The molecule has 0 aliphatic heterocycles. The van der Waals surface area contributed by atoms with Crippen LogP contribution in [0.4, 0.5) is 5.69 Å². The van der Waals surface area contributed by atoms with Crippen LogP contribution in [0, 0.1) is 6.57 Å². The normalized spacial score (nSPS) is 17.1. The Morgan fingerprint density at radius 1 is 1.36 bits per heavy atom. The van der Waals surface area contributed by atoms with E-state index in [2.05, 4.69) is 4.85 Å². The Morgan fingerprint density at radius 2 is 1.93 bits per heavy atom. The molecule has 1 aromatic carbocycles. The number of carboxylic acid groups (broad SMARTS) is 1. The molecule has 0 atom stereocenters. The Hall–Kier alpha value is -1.82. The van der Waals surface area contributed by atoms with Crippen molar-refractivity contribution in [3.05, 3.63) is 41.2 Å². The Labute approximate surface area is 81.8 Å². The highest BCUT2D eigenvalue weighted by molar-refractivity contribution is 5.85. The van der Waals surface area contributed by atoms with E-state index in [1.165, 1.54) is 0 Å². The van der Waals surface area contributed by atoms with Crippen LogP contribution in [0.2, 0.25) is 0 Å². The predicted octanol–water partition coefficient (Wildman–Crippen LogP) is 2.35. The van der Waals surface area contributed by atoms with E-state index in [-0.39, 0.29) is 0 Å². The number of hydrogen-bond donors (Lipinski definition) is 1. The summed E-state index contributed by atoms with van der Waals surface area (Å²) < 4.78 is 0. The number of carbonyl (C=O) groups is 1. The SMILES string of the molecule is [C-]#[N+]c1ccc(C2(C(=O)O)CC2)cc1. The zero-order chi connectivity index (χ0) is 10.2. The van der Waals surface area contributed by atoms with Crippen LogP contribution in [-0.2, 0) is 10.2 Å². The third kappa shape index (κ3) is 1.16. The zero-order valence-electron chi connectivity index (χ0n) is 7.53. The molecule has 0 bridgehead atoms. The lowest BCUT2D eigenvalue weighted by Crippen LogP contribution is -2.19. The average molecular weight is 187 g/mol. The summed E-state index contributed by atoms with van der Waals surface area (Å²) >= 11 is 0. The maximum atomic E-state index is 11.0. The first kappa shape index (κ1) is 8.76. The summed E-state index contributed by atoms with van der Waals surface area (Å²) in [5.41, 5.74) is 0.716. The molecule has 3 nitrogen and oxygen atoms in total. The van der Waals surface area contributed by atoms with Gasteiger partial charge in [0, 0.05) is 0 Å². The lowest BCUT2D eigenvalue weighted by atomic mass is 9.96. The highest BCUT2D eigenvalue weighted by Crippen LogP contribution is 2.48. The first-order chi connectivity index (χ1) is 6.69. The van der Waals surface area contributed by atoms with Crippen LogP contribution in [0.25, 0.3) is 4.85 Å². The van der Waals surface area contributed by atoms with Gasteiger partial charge in [0.25, 0.3) is 0 Å². The number of benzene rings is 1. The highest BCUT2D eigenvalue weighted by atomic mass is 16.4. The Bertz CT molecular complexity index is 410. The van der Waals surface area contributed by atoms with E-state index >= 15 is 0 Å². The molecule has 2 rings (SSSR count).